The molecule has 0 saturated carbocycles. The molecule has 2 nitrogen and oxygen atoms in total. The highest BCUT2D eigenvalue weighted by Crippen LogP contribution is 2.27. The van der Waals surface area contributed by atoms with Gasteiger partial charge in [0, 0.05) is 0 Å². The molecular formula is C14H10F2O2. The molecule has 18 heavy (non-hydrogen) atoms. The molecule has 0 fully saturated rings. The molecule has 2 rings (SSSR count). The third kappa shape index (κ3) is 2.53. The molecule has 0 unspecified atom stereocenters. The topological polar surface area (TPSA) is 26.3 Å². The van der Waals surface area contributed by atoms with Gasteiger partial charge in [-0.25, -0.2) is 8.78 Å². The molecule has 2 aromatic carbocycles. The van der Waals surface area contributed by atoms with E-state index in [-0.39, 0.29) is 17.1 Å². The number of ether oxygens (including phenoxy) is 1. The zero-order valence-corrected chi connectivity index (χ0v) is 9.61. The number of halogens is 2. The number of hydrogen-bond donors (Lipinski definition) is 0. The summed E-state index contributed by atoms with van der Waals surface area (Å²) >= 11 is 0. The van der Waals surface area contributed by atoms with Crippen molar-refractivity contribution >= 4 is 6.29 Å². The number of aldehydes is 1. The van der Waals surface area contributed by atoms with Gasteiger partial charge in [-0.3, -0.25) is 4.79 Å². The first kappa shape index (κ1) is 12.2. The third-order valence-corrected chi connectivity index (χ3v) is 2.41. The van der Waals surface area contributed by atoms with Crippen LogP contribution >= 0.6 is 0 Å². The Morgan fingerprint density at radius 1 is 1.06 bits per heavy atom. The van der Waals surface area contributed by atoms with Crippen LogP contribution in [0.3, 0.4) is 0 Å². The van der Waals surface area contributed by atoms with E-state index >= 15 is 0 Å². The molecule has 0 bridgehead atoms. The molecule has 0 amide bonds. The van der Waals surface area contributed by atoms with Crippen LogP contribution in [0.2, 0.25) is 0 Å². The fourth-order valence-electron chi connectivity index (χ4n) is 1.51. The highest BCUT2D eigenvalue weighted by Gasteiger charge is 2.09. The fourth-order valence-corrected chi connectivity index (χ4v) is 1.51. The Hall–Kier alpha value is -2.23. The summed E-state index contributed by atoms with van der Waals surface area (Å²) in [4.78, 5) is 10.8. The van der Waals surface area contributed by atoms with Crippen molar-refractivity contribution in [3.05, 3.63) is 59.2 Å². The lowest BCUT2D eigenvalue weighted by molar-refractivity contribution is 0.112. The molecule has 0 heterocycles. The number of benzene rings is 2. The monoisotopic (exact) mass is 248 g/mol. The molecule has 0 N–H and O–H groups in total. The summed E-state index contributed by atoms with van der Waals surface area (Å²) in [6, 6.07) is 7.86. The molecule has 0 aliphatic rings. The van der Waals surface area contributed by atoms with Crippen LogP contribution in [0, 0.1) is 18.6 Å². The fraction of sp³-hybridized carbons (Fsp3) is 0.0714. The predicted octanol–water partition coefficient (Wildman–Crippen LogP) is 3.88. The van der Waals surface area contributed by atoms with Crippen molar-refractivity contribution in [1.82, 2.24) is 0 Å². The minimum atomic E-state index is -0.547. The molecule has 0 radical (unpaired) electrons. The van der Waals surface area contributed by atoms with Gasteiger partial charge in [-0.2, -0.15) is 0 Å². The van der Waals surface area contributed by atoms with Gasteiger partial charge < -0.3 is 4.74 Å². The van der Waals surface area contributed by atoms with Gasteiger partial charge in [0.15, 0.2) is 17.9 Å². The average molecular weight is 248 g/mol. The minimum absolute atomic E-state index is 0.00436. The third-order valence-electron chi connectivity index (χ3n) is 2.41. The second-order valence-corrected chi connectivity index (χ2v) is 3.84. The molecule has 0 spiro atoms. The summed E-state index contributed by atoms with van der Waals surface area (Å²) < 4.78 is 31.7. The van der Waals surface area contributed by atoms with E-state index in [1.54, 1.807) is 13.0 Å². The van der Waals surface area contributed by atoms with Gasteiger partial charge in [0.05, 0.1) is 5.56 Å². The Morgan fingerprint density at radius 2 is 1.83 bits per heavy atom. The normalized spacial score (nSPS) is 10.2. The van der Waals surface area contributed by atoms with Gasteiger partial charge >= 0.3 is 0 Å². The van der Waals surface area contributed by atoms with Crippen LogP contribution in [-0.2, 0) is 0 Å². The summed E-state index contributed by atoms with van der Waals surface area (Å²) in [5.41, 5.74) is 0.858. The molecule has 2 aromatic rings. The first-order valence-corrected chi connectivity index (χ1v) is 5.29. The Bertz CT molecular complexity index is 594. The van der Waals surface area contributed by atoms with Crippen molar-refractivity contribution in [2.24, 2.45) is 0 Å². The van der Waals surface area contributed by atoms with Crippen molar-refractivity contribution < 1.29 is 18.3 Å². The summed E-state index contributed by atoms with van der Waals surface area (Å²) in [7, 11) is 0. The molecule has 92 valence electrons. The molecule has 0 aliphatic heterocycles. The summed E-state index contributed by atoms with van der Waals surface area (Å²) in [6.07, 6.45) is 0.464. The Balaban J connectivity index is 2.39. The first-order chi connectivity index (χ1) is 8.60. The lowest BCUT2D eigenvalue weighted by atomic mass is 10.2. The zero-order valence-electron chi connectivity index (χ0n) is 9.61. The Kier molecular flexibility index (Phi) is 3.37. The van der Waals surface area contributed by atoms with Gasteiger partial charge in [-0.15, -0.1) is 0 Å². The highest BCUT2D eigenvalue weighted by atomic mass is 19.1. The van der Waals surface area contributed by atoms with Gasteiger partial charge in [-0.05, 0) is 42.8 Å². The summed E-state index contributed by atoms with van der Waals surface area (Å²) in [5.74, 6) is -0.962. The maximum Gasteiger partial charge on any atom is 0.165 e. The smallest absolute Gasteiger partial charge is 0.165 e. The maximum absolute atomic E-state index is 13.5. The number of carbonyl (C=O) groups is 1. The van der Waals surface area contributed by atoms with Crippen LogP contribution < -0.4 is 4.74 Å². The maximum atomic E-state index is 13.5. The second-order valence-electron chi connectivity index (χ2n) is 3.84. The van der Waals surface area contributed by atoms with Crippen LogP contribution in [-0.4, -0.2) is 6.29 Å². The quantitative estimate of drug-likeness (QED) is 0.770. The SMILES string of the molecule is Cc1ccc(F)c(Oc2ccc(F)cc2C=O)c1. The van der Waals surface area contributed by atoms with E-state index in [2.05, 4.69) is 0 Å². The van der Waals surface area contributed by atoms with Crippen molar-refractivity contribution in [3.8, 4) is 11.5 Å². The van der Waals surface area contributed by atoms with E-state index in [9.17, 15) is 13.6 Å². The van der Waals surface area contributed by atoms with Crippen LogP contribution in [0.15, 0.2) is 36.4 Å². The van der Waals surface area contributed by atoms with Crippen LogP contribution in [0.4, 0.5) is 8.78 Å². The molecule has 0 aromatic heterocycles. The lowest BCUT2D eigenvalue weighted by Crippen LogP contribution is -1.94. The Morgan fingerprint density at radius 3 is 2.56 bits per heavy atom. The van der Waals surface area contributed by atoms with Crippen molar-refractivity contribution in [2.75, 3.05) is 0 Å². The first-order valence-electron chi connectivity index (χ1n) is 5.29. The van der Waals surface area contributed by atoms with Crippen LogP contribution in [0.5, 0.6) is 11.5 Å². The molecule has 0 atom stereocenters. The molecule has 4 heteroatoms. The van der Waals surface area contributed by atoms with Gasteiger partial charge in [0.2, 0.25) is 0 Å². The van der Waals surface area contributed by atoms with E-state index in [4.69, 9.17) is 4.74 Å². The van der Waals surface area contributed by atoms with Gasteiger partial charge in [-0.1, -0.05) is 6.07 Å². The summed E-state index contributed by atoms with van der Waals surface area (Å²) in [6.45, 7) is 1.79. The minimum Gasteiger partial charge on any atom is -0.454 e. The number of aryl methyl sites for hydroxylation is 1. The molecular weight excluding hydrogens is 238 g/mol. The van der Waals surface area contributed by atoms with Crippen molar-refractivity contribution in [1.29, 1.82) is 0 Å². The molecule has 0 saturated heterocycles. The second kappa shape index (κ2) is 4.96. The molecule has 0 aliphatic carbocycles. The Labute approximate surface area is 103 Å². The van der Waals surface area contributed by atoms with E-state index in [0.29, 0.717) is 6.29 Å². The zero-order chi connectivity index (χ0) is 13.1. The number of carbonyl (C=O) groups excluding carboxylic acids is 1. The van der Waals surface area contributed by atoms with Crippen molar-refractivity contribution in [3.63, 3.8) is 0 Å². The van der Waals surface area contributed by atoms with E-state index in [1.807, 2.05) is 0 Å². The van der Waals surface area contributed by atoms with Crippen molar-refractivity contribution in [2.45, 2.75) is 6.92 Å². The largest absolute Gasteiger partial charge is 0.454 e. The average Bonchev–Trinajstić information content (AvgIpc) is 2.36. The highest BCUT2D eigenvalue weighted by molar-refractivity contribution is 5.79. The standard InChI is InChI=1S/C14H10F2O2/c1-9-2-4-12(16)14(6-9)18-13-5-3-11(15)7-10(13)8-17/h2-8H,1H3. The van der Waals surface area contributed by atoms with Gasteiger partial charge in [0.1, 0.15) is 11.6 Å². The predicted molar refractivity (Wildman–Crippen MR) is 63.0 cm³/mol. The van der Waals surface area contributed by atoms with Gasteiger partial charge in [0.25, 0.3) is 0 Å². The lowest BCUT2D eigenvalue weighted by Gasteiger charge is -2.09. The summed E-state index contributed by atoms with van der Waals surface area (Å²) in [5, 5.41) is 0. The van der Waals surface area contributed by atoms with Crippen LogP contribution in [0.1, 0.15) is 15.9 Å². The number of rotatable bonds is 3. The van der Waals surface area contributed by atoms with Crippen LogP contribution in [0.25, 0.3) is 0 Å². The van der Waals surface area contributed by atoms with E-state index in [1.165, 1.54) is 18.2 Å². The number of hydrogen-bond acceptors (Lipinski definition) is 2. The van der Waals surface area contributed by atoms with E-state index < -0.39 is 11.6 Å². The van der Waals surface area contributed by atoms with E-state index in [0.717, 1.165) is 17.7 Å².